The molecule has 19 heavy (non-hydrogen) atoms. The number of benzene rings is 1. The first-order valence-corrected chi connectivity index (χ1v) is 5.98. The minimum atomic E-state index is -0.562. The summed E-state index contributed by atoms with van der Waals surface area (Å²) in [5.41, 5.74) is 2.36. The van der Waals surface area contributed by atoms with E-state index in [2.05, 4.69) is 9.84 Å². The zero-order valence-corrected chi connectivity index (χ0v) is 11.1. The molecule has 2 aromatic rings. The first-order chi connectivity index (χ1) is 9.05. The van der Waals surface area contributed by atoms with E-state index in [4.69, 9.17) is 0 Å². The number of aromatic nitrogens is 2. The Morgan fingerprint density at radius 1 is 1.42 bits per heavy atom. The lowest BCUT2D eigenvalue weighted by molar-refractivity contribution is 0.0600. The number of carbonyl (C=O) groups excluding carboxylic acids is 1. The maximum absolute atomic E-state index is 13.6. The van der Waals surface area contributed by atoms with Crippen LogP contribution in [0.5, 0.6) is 0 Å². The lowest BCUT2D eigenvalue weighted by Gasteiger charge is -2.04. The highest BCUT2D eigenvalue weighted by Gasteiger charge is 2.13. The molecule has 0 aliphatic rings. The number of rotatable bonds is 3. The number of carbonyl (C=O) groups is 1. The molecule has 0 saturated carbocycles. The van der Waals surface area contributed by atoms with Crippen LogP contribution in [0.2, 0.25) is 0 Å². The summed E-state index contributed by atoms with van der Waals surface area (Å²) in [6.45, 7) is 4.61. The van der Waals surface area contributed by atoms with Crippen molar-refractivity contribution in [3.63, 3.8) is 0 Å². The second-order valence-corrected chi connectivity index (χ2v) is 4.24. The van der Waals surface area contributed by atoms with Crippen LogP contribution in [0.15, 0.2) is 24.4 Å². The van der Waals surface area contributed by atoms with Gasteiger partial charge in [0.25, 0.3) is 0 Å². The largest absolute Gasteiger partial charge is 0.465 e. The molecule has 0 saturated heterocycles. The molecule has 0 atom stereocenters. The highest BCUT2D eigenvalue weighted by atomic mass is 19.1. The molecule has 0 aliphatic heterocycles. The Kier molecular flexibility index (Phi) is 3.64. The number of hydrogen-bond donors (Lipinski definition) is 0. The van der Waals surface area contributed by atoms with Gasteiger partial charge in [0, 0.05) is 18.3 Å². The minimum Gasteiger partial charge on any atom is -0.465 e. The molecule has 0 amide bonds. The first kappa shape index (κ1) is 13.3. The Labute approximate surface area is 110 Å². The summed E-state index contributed by atoms with van der Waals surface area (Å²) in [4.78, 5) is 11.5. The van der Waals surface area contributed by atoms with Crippen LogP contribution in [0.3, 0.4) is 0 Å². The first-order valence-electron chi connectivity index (χ1n) is 5.98. The fourth-order valence-corrected chi connectivity index (χ4v) is 1.93. The number of aryl methyl sites for hydroxylation is 2. The zero-order valence-electron chi connectivity index (χ0n) is 11.1. The van der Waals surface area contributed by atoms with E-state index in [1.54, 1.807) is 10.7 Å². The lowest BCUT2D eigenvalue weighted by atomic mass is 10.1. The van der Waals surface area contributed by atoms with Crippen molar-refractivity contribution in [2.75, 3.05) is 7.11 Å². The van der Waals surface area contributed by atoms with Gasteiger partial charge in [-0.15, -0.1) is 0 Å². The van der Waals surface area contributed by atoms with Gasteiger partial charge in [-0.3, -0.25) is 4.68 Å². The number of methoxy groups -OCH3 is 1. The number of nitrogens with zero attached hydrogens (tertiary/aromatic N) is 2. The fourth-order valence-electron chi connectivity index (χ4n) is 1.93. The van der Waals surface area contributed by atoms with Crippen molar-refractivity contribution in [3.05, 3.63) is 41.3 Å². The van der Waals surface area contributed by atoms with Crippen LogP contribution in [0, 0.1) is 12.7 Å². The van der Waals surface area contributed by atoms with Gasteiger partial charge >= 0.3 is 5.97 Å². The second kappa shape index (κ2) is 5.22. The number of hydrogen-bond acceptors (Lipinski definition) is 3. The molecule has 0 unspecified atom stereocenters. The van der Waals surface area contributed by atoms with Crippen molar-refractivity contribution in [3.8, 4) is 11.3 Å². The van der Waals surface area contributed by atoms with Gasteiger partial charge < -0.3 is 4.74 Å². The number of ether oxygens (including phenoxy) is 1. The van der Waals surface area contributed by atoms with E-state index in [-0.39, 0.29) is 5.56 Å². The summed E-state index contributed by atoms with van der Waals surface area (Å²) in [6, 6.07) is 4.10. The van der Waals surface area contributed by atoms with Crippen LogP contribution in [-0.4, -0.2) is 22.9 Å². The summed E-state index contributed by atoms with van der Waals surface area (Å²) in [7, 11) is 1.27. The summed E-state index contributed by atoms with van der Waals surface area (Å²) < 4.78 is 20.0. The van der Waals surface area contributed by atoms with Gasteiger partial charge in [-0.1, -0.05) is 0 Å². The fraction of sp³-hybridized carbons (Fsp3) is 0.286. The molecule has 1 heterocycles. The zero-order chi connectivity index (χ0) is 14.0. The molecular weight excluding hydrogens is 247 g/mol. The van der Waals surface area contributed by atoms with Crippen LogP contribution in [0.4, 0.5) is 4.39 Å². The van der Waals surface area contributed by atoms with Gasteiger partial charge in [-0.25, -0.2) is 9.18 Å². The van der Waals surface area contributed by atoms with E-state index in [0.29, 0.717) is 11.3 Å². The number of esters is 1. The maximum Gasteiger partial charge on any atom is 0.337 e. The van der Waals surface area contributed by atoms with Gasteiger partial charge in [0.2, 0.25) is 0 Å². The van der Waals surface area contributed by atoms with Gasteiger partial charge in [-0.05, 0) is 37.6 Å². The maximum atomic E-state index is 13.6. The molecule has 0 spiro atoms. The molecule has 0 bridgehead atoms. The van der Waals surface area contributed by atoms with E-state index >= 15 is 0 Å². The molecule has 1 aromatic carbocycles. The molecular formula is C14H15FN2O2. The van der Waals surface area contributed by atoms with Crippen molar-refractivity contribution in [1.29, 1.82) is 0 Å². The minimum absolute atomic E-state index is 0.183. The second-order valence-electron chi connectivity index (χ2n) is 4.24. The standard InChI is InChI=1S/C14H15FN2O2/c1-4-17-8-9(2)13(16-17)10-5-11(14(18)19-3)7-12(15)6-10/h5-8H,4H2,1-3H3. The van der Waals surface area contributed by atoms with Crippen LogP contribution in [0.25, 0.3) is 11.3 Å². The molecule has 2 rings (SSSR count). The average molecular weight is 262 g/mol. The third-order valence-electron chi connectivity index (χ3n) is 2.86. The Balaban J connectivity index is 2.52. The highest BCUT2D eigenvalue weighted by Crippen LogP contribution is 2.24. The van der Waals surface area contributed by atoms with Crippen molar-refractivity contribution >= 4 is 5.97 Å². The molecule has 1 aromatic heterocycles. The molecule has 4 nitrogen and oxygen atoms in total. The van der Waals surface area contributed by atoms with Crippen molar-refractivity contribution in [2.45, 2.75) is 20.4 Å². The van der Waals surface area contributed by atoms with Gasteiger partial charge in [0.05, 0.1) is 18.4 Å². The average Bonchev–Trinajstić information content (AvgIpc) is 2.78. The lowest BCUT2D eigenvalue weighted by Crippen LogP contribution is -2.02. The molecule has 5 heteroatoms. The van der Waals surface area contributed by atoms with E-state index in [9.17, 15) is 9.18 Å². The third kappa shape index (κ3) is 2.65. The Hall–Kier alpha value is -2.17. The predicted octanol–water partition coefficient (Wildman–Crippen LogP) is 2.80. The van der Waals surface area contributed by atoms with Crippen LogP contribution in [0.1, 0.15) is 22.8 Å². The van der Waals surface area contributed by atoms with E-state index in [0.717, 1.165) is 18.2 Å². The summed E-state index contributed by atoms with van der Waals surface area (Å²) in [6.07, 6.45) is 1.89. The monoisotopic (exact) mass is 262 g/mol. The highest BCUT2D eigenvalue weighted by molar-refractivity contribution is 5.90. The van der Waals surface area contributed by atoms with Gasteiger partial charge in [-0.2, -0.15) is 5.10 Å². The number of halogens is 1. The summed E-state index contributed by atoms with van der Waals surface area (Å²) >= 11 is 0. The summed E-state index contributed by atoms with van der Waals surface area (Å²) in [5, 5.41) is 4.36. The van der Waals surface area contributed by atoms with E-state index in [1.807, 2.05) is 20.0 Å². The molecule has 0 fully saturated rings. The van der Waals surface area contributed by atoms with Crippen LogP contribution >= 0.6 is 0 Å². The Morgan fingerprint density at radius 2 is 2.16 bits per heavy atom. The van der Waals surface area contributed by atoms with Crippen molar-refractivity contribution in [2.24, 2.45) is 0 Å². The van der Waals surface area contributed by atoms with Crippen LogP contribution in [-0.2, 0) is 11.3 Å². The molecule has 100 valence electrons. The summed E-state index contributed by atoms with van der Waals surface area (Å²) in [5.74, 6) is -1.04. The normalized spacial score (nSPS) is 10.5. The van der Waals surface area contributed by atoms with Gasteiger partial charge in [0.15, 0.2) is 0 Å². The quantitative estimate of drug-likeness (QED) is 0.799. The Morgan fingerprint density at radius 3 is 2.74 bits per heavy atom. The van der Waals surface area contributed by atoms with E-state index in [1.165, 1.54) is 13.2 Å². The van der Waals surface area contributed by atoms with Crippen LogP contribution < -0.4 is 0 Å². The van der Waals surface area contributed by atoms with Gasteiger partial charge in [0.1, 0.15) is 5.82 Å². The molecule has 0 aliphatic carbocycles. The smallest absolute Gasteiger partial charge is 0.337 e. The van der Waals surface area contributed by atoms with Crippen molar-refractivity contribution in [1.82, 2.24) is 9.78 Å². The Bertz CT molecular complexity index is 620. The SMILES string of the molecule is CCn1cc(C)c(-c2cc(F)cc(C(=O)OC)c2)n1. The predicted molar refractivity (Wildman–Crippen MR) is 69.4 cm³/mol. The molecule has 0 N–H and O–H groups in total. The van der Waals surface area contributed by atoms with E-state index < -0.39 is 11.8 Å². The van der Waals surface area contributed by atoms with Crippen molar-refractivity contribution < 1.29 is 13.9 Å². The topological polar surface area (TPSA) is 44.1 Å². The molecule has 0 radical (unpaired) electrons. The third-order valence-corrected chi connectivity index (χ3v) is 2.86.